The molecule has 0 aliphatic heterocycles. The molecule has 21 heavy (non-hydrogen) atoms. The molecule has 2 rings (SSSR count). The van der Waals surface area contributed by atoms with E-state index < -0.39 is 5.82 Å². The van der Waals surface area contributed by atoms with Gasteiger partial charge < -0.3 is 5.32 Å². The number of likely N-dealkylation sites (N-methyl/N-ethyl adjacent to an activating group) is 1. The van der Waals surface area contributed by atoms with Gasteiger partial charge >= 0.3 is 0 Å². The number of halogens is 3. The van der Waals surface area contributed by atoms with Crippen LogP contribution in [0.1, 0.15) is 29.7 Å². The average Bonchev–Trinajstić information content (AvgIpc) is 2.45. The maximum Gasteiger partial charge on any atom is 0.126 e. The molecule has 0 bridgehead atoms. The Labute approximate surface area is 137 Å². The number of hydrogen-bond acceptors (Lipinski definition) is 1. The van der Waals surface area contributed by atoms with Crippen LogP contribution in [0.4, 0.5) is 8.78 Å². The van der Waals surface area contributed by atoms with Crippen molar-refractivity contribution in [1.29, 1.82) is 0 Å². The van der Waals surface area contributed by atoms with Gasteiger partial charge in [-0.3, -0.25) is 0 Å². The lowest BCUT2D eigenvalue weighted by molar-refractivity contribution is 0.520. The largest absolute Gasteiger partial charge is 0.310 e. The monoisotopic (exact) mass is 401 g/mol. The van der Waals surface area contributed by atoms with Crippen LogP contribution in [0.5, 0.6) is 0 Å². The van der Waals surface area contributed by atoms with E-state index >= 15 is 0 Å². The van der Waals surface area contributed by atoms with Gasteiger partial charge in [-0.15, -0.1) is 0 Å². The highest BCUT2D eigenvalue weighted by Crippen LogP contribution is 2.26. The lowest BCUT2D eigenvalue weighted by Crippen LogP contribution is -2.24. The predicted octanol–water partition coefficient (Wildman–Crippen LogP) is 4.77. The van der Waals surface area contributed by atoms with Crippen LogP contribution in [0.3, 0.4) is 0 Å². The van der Waals surface area contributed by atoms with Gasteiger partial charge in [0.2, 0.25) is 0 Å². The molecule has 4 heteroatoms. The van der Waals surface area contributed by atoms with Crippen LogP contribution in [0.25, 0.3) is 0 Å². The Balaban J connectivity index is 2.35. The van der Waals surface area contributed by atoms with E-state index in [9.17, 15) is 8.78 Å². The first-order valence-corrected chi connectivity index (χ1v) is 8.03. The molecule has 2 aromatic rings. The zero-order valence-corrected chi connectivity index (χ0v) is 14.2. The van der Waals surface area contributed by atoms with Crippen molar-refractivity contribution < 1.29 is 8.78 Å². The lowest BCUT2D eigenvalue weighted by Gasteiger charge is -2.21. The number of hydrogen-bond donors (Lipinski definition) is 1. The summed E-state index contributed by atoms with van der Waals surface area (Å²) in [6, 6.07) is 9.68. The highest BCUT2D eigenvalue weighted by molar-refractivity contribution is 14.1. The Morgan fingerprint density at radius 3 is 2.67 bits per heavy atom. The Morgan fingerprint density at radius 1 is 1.19 bits per heavy atom. The second kappa shape index (κ2) is 7.31. The number of aryl methyl sites for hydroxylation is 1. The Morgan fingerprint density at radius 2 is 1.95 bits per heavy atom. The summed E-state index contributed by atoms with van der Waals surface area (Å²) in [4.78, 5) is 0. The summed E-state index contributed by atoms with van der Waals surface area (Å²) >= 11 is 2.31. The molecule has 0 heterocycles. The minimum absolute atomic E-state index is 0.0295. The van der Waals surface area contributed by atoms with Crippen LogP contribution in [0, 0.1) is 22.1 Å². The third-order valence-electron chi connectivity index (χ3n) is 3.48. The smallest absolute Gasteiger partial charge is 0.126 e. The number of nitrogens with one attached hydrogen (secondary N) is 1. The molecule has 2 aromatic carbocycles. The minimum Gasteiger partial charge on any atom is -0.310 e. The zero-order valence-electron chi connectivity index (χ0n) is 12.1. The van der Waals surface area contributed by atoms with Crippen LogP contribution in [0.15, 0.2) is 36.4 Å². The molecule has 1 N–H and O–H groups in total. The van der Waals surface area contributed by atoms with Crippen molar-refractivity contribution >= 4 is 22.6 Å². The lowest BCUT2D eigenvalue weighted by atomic mass is 9.97. The van der Waals surface area contributed by atoms with Gasteiger partial charge in [0.25, 0.3) is 0 Å². The van der Waals surface area contributed by atoms with E-state index in [1.165, 1.54) is 17.7 Å². The Kier molecular flexibility index (Phi) is 5.70. The van der Waals surface area contributed by atoms with Gasteiger partial charge in [-0.05, 0) is 77.4 Å². The first-order valence-electron chi connectivity index (χ1n) is 6.95. The fourth-order valence-electron chi connectivity index (χ4n) is 2.40. The molecule has 1 nitrogen and oxygen atoms in total. The molecule has 0 saturated carbocycles. The van der Waals surface area contributed by atoms with Crippen LogP contribution < -0.4 is 5.32 Å². The molecule has 112 valence electrons. The fourth-order valence-corrected chi connectivity index (χ4v) is 3.13. The molecule has 0 aliphatic rings. The van der Waals surface area contributed by atoms with E-state index in [0.717, 1.165) is 21.7 Å². The zero-order chi connectivity index (χ0) is 15.4. The van der Waals surface area contributed by atoms with Crippen molar-refractivity contribution in [3.63, 3.8) is 0 Å². The highest BCUT2D eigenvalue weighted by atomic mass is 127. The molecule has 0 radical (unpaired) electrons. The van der Waals surface area contributed by atoms with Crippen LogP contribution in [-0.2, 0) is 6.42 Å². The van der Waals surface area contributed by atoms with Gasteiger partial charge in [0.1, 0.15) is 11.6 Å². The van der Waals surface area contributed by atoms with Crippen molar-refractivity contribution in [3.8, 4) is 0 Å². The minimum atomic E-state index is -0.402. The van der Waals surface area contributed by atoms with Crippen molar-refractivity contribution in [3.05, 3.63) is 68.3 Å². The van der Waals surface area contributed by atoms with E-state index in [4.69, 9.17) is 0 Å². The van der Waals surface area contributed by atoms with E-state index in [1.807, 2.05) is 19.1 Å². The summed E-state index contributed by atoms with van der Waals surface area (Å²) < 4.78 is 28.4. The van der Waals surface area contributed by atoms with Gasteiger partial charge in [-0.25, -0.2) is 8.78 Å². The topological polar surface area (TPSA) is 12.0 Å². The second-order valence-corrected chi connectivity index (χ2v) is 6.11. The summed E-state index contributed by atoms with van der Waals surface area (Å²) in [6.07, 6.45) is 0.427. The molecular formula is C17H18F2IN. The third kappa shape index (κ3) is 4.01. The maximum atomic E-state index is 13.9. The summed E-state index contributed by atoms with van der Waals surface area (Å²) in [7, 11) is 0. The van der Waals surface area contributed by atoms with Gasteiger partial charge in [-0.2, -0.15) is 0 Å². The second-order valence-electron chi connectivity index (χ2n) is 5.03. The van der Waals surface area contributed by atoms with Crippen LogP contribution in [0.2, 0.25) is 0 Å². The molecular weight excluding hydrogens is 383 g/mol. The van der Waals surface area contributed by atoms with Crippen molar-refractivity contribution in [2.24, 2.45) is 0 Å². The van der Waals surface area contributed by atoms with E-state index in [2.05, 4.69) is 40.9 Å². The quantitative estimate of drug-likeness (QED) is 0.712. The van der Waals surface area contributed by atoms with Gasteiger partial charge in [0.05, 0.1) is 0 Å². The molecule has 0 aliphatic carbocycles. The van der Waals surface area contributed by atoms with Crippen molar-refractivity contribution in [1.82, 2.24) is 5.32 Å². The molecule has 0 aromatic heterocycles. The van der Waals surface area contributed by atoms with Crippen molar-refractivity contribution in [2.45, 2.75) is 26.3 Å². The molecule has 0 fully saturated rings. The van der Waals surface area contributed by atoms with Gasteiger partial charge in [0, 0.05) is 9.61 Å². The normalized spacial score (nSPS) is 12.4. The maximum absolute atomic E-state index is 13.9. The summed E-state index contributed by atoms with van der Waals surface area (Å²) in [5.74, 6) is -0.762. The molecule has 0 saturated heterocycles. The van der Waals surface area contributed by atoms with Gasteiger partial charge in [0.15, 0.2) is 0 Å². The van der Waals surface area contributed by atoms with Crippen molar-refractivity contribution in [2.75, 3.05) is 6.54 Å². The van der Waals surface area contributed by atoms with Gasteiger partial charge in [-0.1, -0.05) is 25.1 Å². The van der Waals surface area contributed by atoms with E-state index in [0.29, 0.717) is 12.0 Å². The van der Waals surface area contributed by atoms with E-state index in [-0.39, 0.29) is 11.9 Å². The predicted molar refractivity (Wildman–Crippen MR) is 90.4 cm³/mol. The summed E-state index contributed by atoms with van der Waals surface area (Å²) in [6.45, 7) is 4.83. The summed E-state index contributed by atoms with van der Waals surface area (Å²) in [5.41, 5.74) is 2.72. The average molecular weight is 401 g/mol. The Hall–Kier alpha value is -1.01. The molecule has 0 spiro atoms. The van der Waals surface area contributed by atoms with Crippen LogP contribution >= 0.6 is 22.6 Å². The summed E-state index contributed by atoms with van der Waals surface area (Å²) in [5, 5.41) is 3.37. The standard InChI is InChI=1S/C17H18F2IN/c1-3-21-16(14-6-4-5-11(2)17(14)20)10-12-9-13(18)7-8-15(12)19/h4-9,16,21H,3,10H2,1-2H3. The number of benzene rings is 2. The van der Waals surface area contributed by atoms with Crippen LogP contribution in [-0.4, -0.2) is 6.54 Å². The highest BCUT2D eigenvalue weighted by Gasteiger charge is 2.17. The number of rotatable bonds is 5. The molecule has 1 atom stereocenters. The third-order valence-corrected chi connectivity index (χ3v) is 4.95. The van der Waals surface area contributed by atoms with E-state index in [1.54, 1.807) is 0 Å². The Bertz CT molecular complexity index is 628. The SMILES string of the molecule is CCNC(Cc1cc(F)ccc1F)c1cccc(C)c1I. The fraction of sp³-hybridized carbons (Fsp3) is 0.294. The first-order chi connectivity index (χ1) is 10.0. The first kappa shape index (κ1) is 16.4. The molecule has 0 amide bonds. The molecule has 1 unspecified atom stereocenters.